The number of nitrogens with zero attached hydrogens (tertiary/aromatic N) is 1. The molecule has 3 aromatic carbocycles. The second-order valence-corrected chi connectivity index (χ2v) is 9.00. The number of benzene rings is 3. The maximum Gasteiger partial charge on any atom is 0.290 e. The Hall–Kier alpha value is -3.40. The predicted molar refractivity (Wildman–Crippen MR) is 126 cm³/mol. The van der Waals surface area contributed by atoms with Gasteiger partial charge in [-0.25, -0.2) is 0 Å². The average Bonchev–Trinajstić information content (AvgIpc) is 3.11. The number of hydrogen-bond donors (Lipinski definition) is 1. The molecule has 0 bridgehead atoms. The molecule has 0 saturated carbocycles. The summed E-state index contributed by atoms with van der Waals surface area (Å²) in [4.78, 5) is 28.1. The number of carbonyl (C=O) groups is 2. The minimum absolute atomic E-state index is 0.335. The number of rotatable bonds is 2. The summed E-state index contributed by atoms with van der Waals surface area (Å²) in [5.74, 6) is 6.18. The highest BCUT2D eigenvalue weighted by atomic mass is 32.2. The fraction of sp³-hybridized carbons (Fsp3) is 0.0400. The van der Waals surface area contributed by atoms with E-state index in [0.29, 0.717) is 11.4 Å². The summed E-state index contributed by atoms with van der Waals surface area (Å²) in [6, 6.07) is 24.4. The van der Waals surface area contributed by atoms with E-state index in [2.05, 4.69) is 70.6 Å². The monoisotopic (exact) mass is 440 g/mol. The van der Waals surface area contributed by atoms with Crippen molar-refractivity contribution in [2.45, 2.75) is 9.79 Å². The number of thioether (sulfide) groups is 1. The van der Waals surface area contributed by atoms with Crippen LogP contribution >= 0.6 is 23.5 Å². The van der Waals surface area contributed by atoms with Gasteiger partial charge in [-0.15, -0.1) is 0 Å². The van der Waals surface area contributed by atoms with E-state index >= 15 is 0 Å². The van der Waals surface area contributed by atoms with Crippen LogP contribution in [0, 0.1) is 11.8 Å². The van der Waals surface area contributed by atoms with E-state index in [0.717, 1.165) is 22.9 Å². The molecule has 0 unspecified atom stereocenters. The predicted octanol–water partition coefficient (Wildman–Crippen LogP) is 5.66. The van der Waals surface area contributed by atoms with Gasteiger partial charge < -0.3 is 4.90 Å². The molecule has 0 aliphatic carbocycles. The second-order valence-electron chi connectivity index (χ2n) is 6.90. The Bertz CT molecular complexity index is 1240. The van der Waals surface area contributed by atoms with E-state index in [1.165, 1.54) is 21.2 Å². The van der Waals surface area contributed by atoms with E-state index in [-0.39, 0.29) is 11.1 Å². The van der Waals surface area contributed by atoms with Crippen molar-refractivity contribution in [3.05, 3.63) is 88.8 Å². The first-order chi connectivity index (χ1) is 15.2. The Balaban J connectivity index is 1.35. The van der Waals surface area contributed by atoms with Gasteiger partial charge in [-0.05, 0) is 59.8 Å². The lowest BCUT2D eigenvalue weighted by Crippen LogP contribution is -2.20. The van der Waals surface area contributed by atoms with Gasteiger partial charge in [-0.2, -0.15) is 0 Å². The highest BCUT2D eigenvalue weighted by molar-refractivity contribution is 8.18. The highest BCUT2D eigenvalue weighted by Crippen LogP contribution is 2.47. The lowest BCUT2D eigenvalue weighted by Gasteiger charge is -2.31. The van der Waals surface area contributed by atoms with Crippen molar-refractivity contribution in [3.63, 3.8) is 0 Å². The molecule has 6 heteroatoms. The molecule has 3 aromatic rings. The van der Waals surface area contributed by atoms with Crippen LogP contribution < -0.4 is 10.2 Å². The minimum atomic E-state index is -0.348. The molecule has 0 aromatic heterocycles. The number of fused-ring (bicyclic) bond motifs is 2. The molecule has 0 radical (unpaired) electrons. The minimum Gasteiger partial charge on any atom is -0.328 e. The third-order valence-corrected chi connectivity index (χ3v) is 6.79. The maximum atomic E-state index is 11.7. The van der Waals surface area contributed by atoms with Gasteiger partial charge in [0.15, 0.2) is 0 Å². The summed E-state index contributed by atoms with van der Waals surface area (Å²) in [5.41, 5.74) is 4.09. The molecule has 1 saturated heterocycles. The van der Waals surface area contributed by atoms with Crippen molar-refractivity contribution in [1.29, 1.82) is 0 Å². The summed E-state index contributed by atoms with van der Waals surface area (Å²) in [7, 11) is 0. The lowest BCUT2D eigenvalue weighted by atomic mass is 10.1. The van der Waals surface area contributed by atoms with Crippen LogP contribution in [0.25, 0.3) is 6.08 Å². The van der Waals surface area contributed by atoms with E-state index < -0.39 is 0 Å². The summed E-state index contributed by atoms with van der Waals surface area (Å²) >= 11 is 2.70. The van der Waals surface area contributed by atoms with E-state index in [4.69, 9.17) is 0 Å². The fourth-order valence-electron chi connectivity index (χ4n) is 3.41. The number of nitrogens with one attached hydrogen (secondary N) is 1. The first-order valence-electron chi connectivity index (χ1n) is 9.65. The van der Waals surface area contributed by atoms with Crippen LogP contribution in [0.2, 0.25) is 0 Å². The van der Waals surface area contributed by atoms with Crippen LogP contribution in [0.1, 0.15) is 11.1 Å². The standard InChI is InChI=1S/C25H16N2O2S2/c28-24-23(31-25(29)26-24)16-18-13-11-17(12-14-18)6-5-15-27-19-7-1-3-9-21(19)30-22-10-4-2-8-20(22)27/h1-4,7-14,16H,15H2,(H,26,28,29)/b23-16-. The van der Waals surface area contributed by atoms with Gasteiger partial charge >= 0.3 is 0 Å². The SMILES string of the molecule is O=C1NC(=O)/C(=C/c2ccc(C#CCN3c4ccccc4Sc4ccccc43)cc2)S1. The topological polar surface area (TPSA) is 49.4 Å². The smallest absolute Gasteiger partial charge is 0.290 e. The van der Waals surface area contributed by atoms with Gasteiger partial charge in [0.2, 0.25) is 0 Å². The van der Waals surface area contributed by atoms with E-state index in [1.54, 1.807) is 17.8 Å². The van der Waals surface area contributed by atoms with Gasteiger partial charge in [0, 0.05) is 15.4 Å². The van der Waals surface area contributed by atoms with Crippen LogP contribution in [-0.2, 0) is 4.79 Å². The Labute approximate surface area is 188 Å². The third kappa shape index (κ3) is 4.11. The summed E-state index contributed by atoms with van der Waals surface area (Å²) < 4.78 is 0. The summed E-state index contributed by atoms with van der Waals surface area (Å²) in [5, 5.41) is 1.92. The van der Waals surface area contributed by atoms with Gasteiger partial charge in [-0.3, -0.25) is 14.9 Å². The van der Waals surface area contributed by atoms with Crippen LogP contribution in [0.15, 0.2) is 87.5 Å². The molecule has 2 heterocycles. The van der Waals surface area contributed by atoms with E-state index in [9.17, 15) is 9.59 Å². The highest BCUT2D eigenvalue weighted by Gasteiger charge is 2.25. The van der Waals surface area contributed by atoms with Crippen LogP contribution in [-0.4, -0.2) is 17.7 Å². The molecule has 0 spiro atoms. The molecule has 31 heavy (non-hydrogen) atoms. The Morgan fingerprint density at radius 2 is 1.48 bits per heavy atom. The quantitative estimate of drug-likeness (QED) is 0.411. The number of para-hydroxylation sites is 2. The van der Waals surface area contributed by atoms with Crippen LogP contribution in [0.3, 0.4) is 0 Å². The average molecular weight is 441 g/mol. The molecule has 2 amide bonds. The zero-order valence-corrected chi connectivity index (χ0v) is 17.9. The van der Waals surface area contributed by atoms with Crippen molar-refractivity contribution in [1.82, 2.24) is 5.32 Å². The van der Waals surface area contributed by atoms with Crippen molar-refractivity contribution < 1.29 is 9.59 Å². The second kappa shape index (κ2) is 8.38. The fourth-order valence-corrected chi connectivity index (χ4v) is 5.19. The first kappa shape index (κ1) is 19.6. The Kier molecular flexibility index (Phi) is 5.29. The van der Waals surface area contributed by atoms with Crippen LogP contribution in [0.4, 0.5) is 16.2 Å². The zero-order chi connectivity index (χ0) is 21.2. The van der Waals surface area contributed by atoms with Crippen molar-refractivity contribution in [2.75, 3.05) is 11.4 Å². The maximum absolute atomic E-state index is 11.7. The van der Waals surface area contributed by atoms with Gasteiger partial charge in [0.1, 0.15) is 0 Å². The number of hydrogen-bond acceptors (Lipinski definition) is 5. The van der Waals surface area contributed by atoms with Crippen molar-refractivity contribution in [3.8, 4) is 11.8 Å². The Morgan fingerprint density at radius 1 is 0.839 bits per heavy atom. The number of imide groups is 1. The third-order valence-electron chi connectivity index (χ3n) is 4.85. The summed E-state index contributed by atoms with van der Waals surface area (Å²) in [6.45, 7) is 0.583. The molecule has 1 N–H and O–H groups in total. The zero-order valence-electron chi connectivity index (χ0n) is 16.3. The van der Waals surface area contributed by atoms with Gasteiger partial charge in [0.25, 0.3) is 11.1 Å². The molecule has 1 fully saturated rings. The molecular formula is C25H16N2O2S2. The lowest BCUT2D eigenvalue weighted by molar-refractivity contribution is -0.115. The van der Waals surface area contributed by atoms with Gasteiger partial charge in [0.05, 0.1) is 22.8 Å². The number of amides is 2. The molecule has 0 atom stereocenters. The molecule has 4 nitrogen and oxygen atoms in total. The van der Waals surface area contributed by atoms with Crippen LogP contribution in [0.5, 0.6) is 0 Å². The van der Waals surface area contributed by atoms with Crippen molar-refractivity contribution >= 4 is 52.1 Å². The van der Waals surface area contributed by atoms with Crippen molar-refractivity contribution in [2.24, 2.45) is 0 Å². The summed E-state index contributed by atoms with van der Waals surface area (Å²) in [6.07, 6.45) is 1.71. The van der Waals surface area contributed by atoms with E-state index in [1.807, 2.05) is 24.3 Å². The molecule has 150 valence electrons. The normalized spacial score (nSPS) is 15.7. The molecule has 5 rings (SSSR count). The van der Waals surface area contributed by atoms with Gasteiger partial charge in [-0.1, -0.05) is 60.0 Å². The number of anilines is 2. The number of carbonyl (C=O) groups excluding carboxylic acids is 2. The molecule has 2 aliphatic heterocycles. The molecule has 2 aliphatic rings. The largest absolute Gasteiger partial charge is 0.328 e. The molecular weight excluding hydrogens is 424 g/mol. The first-order valence-corrected chi connectivity index (χ1v) is 11.3. The Morgan fingerprint density at radius 3 is 2.10 bits per heavy atom.